The van der Waals surface area contributed by atoms with Gasteiger partial charge in [0.15, 0.2) is 0 Å². The van der Waals surface area contributed by atoms with Gasteiger partial charge in [0, 0.05) is 24.5 Å². The van der Waals surface area contributed by atoms with Crippen LogP contribution in [0.5, 0.6) is 0 Å². The summed E-state index contributed by atoms with van der Waals surface area (Å²) in [6.07, 6.45) is 3.50. The van der Waals surface area contributed by atoms with E-state index in [4.69, 9.17) is 5.73 Å². The molecule has 2 bridgehead atoms. The Morgan fingerprint density at radius 2 is 2.16 bits per heavy atom. The van der Waals surface area contributed by atoms with Crippen LogP contribution in [0.2, 0.25) is 0 Å². The van der Waals surface area contributed by atoms with Crippen LogP contribution in [0.15, 0.2) is 18.2 Å². The quantitative estimate of drug-likeness (QED) is 0.789. The third-order valence-corrected chi connectivity index (χ3v) is 4.67. The highest BCUT2D eigenvalue weighted by Gasteiger charge is 2.41. The summed E-state index contributed by atoms with van der Waals surface area (Å²) < 4.78 is 0. The largest absolute Gasteiger partial charge is 0.398 e. The van der Waals surface area contributed by atoms with Gasteiger partial charge in [0.25, 0.3) is 0 Å². The summed E-state index contributed by atoms with van der Waals surface area (Å²) in [6, 6.07) is 6.30. The number of carbonyl (C=O) groups excluding carboxylic acids is 1. The van der Waals surface area contributed by atoms with Crippen molar-refractivity contribution in [1.29, 1.82) is 0 Å². The summed E-state index contributed by atoms with van der Waals surface area (Å²) in [5.41, 5.74) is 9.41. The van der Waals surface area contributed by atoms with Crippen molar-refractivity contribution in [3.63, 3.8) is 0 Å². The van der Waals surface area contributed by atoms with Crippen molar-refractivity contribution in [3.8, 4) is 0 Å². The summed E-state index contributed by atoms with van der Waals surface area (Å²) in [5.74, 6) is 1.43. The number of hydrogen-bond acceptors (Lipinski definition) is 3. The van der Waals surface area contributed by atoms with E-state index in [9.17, 15) is 4.79 Å². The number of amides is 1. The molecule has 1 saturated carbocycles. The molecule has 2 saturated heterocycles. The highest BCUT2D eigenvalue weighted by atomic mass is 16.2. The van der Waals surface area contributed by atoms with Crippen molar-refractivity contribution >= 4 is 17.3 Å². The summed E-state index contributed by atoms with van der Waals surface area (Å²) in [5, 5.41) is 3.00. The second-order valence-corrected chi connectivity index (χ2v) is 6.10. The molecule has 4 nitrogen and oxygen atoms in total. The summed E-state index contributed by atoms with van der Waals surface area (Å²) in [4.78, 5) is 14.2. The molecule has 100 valence electrons. The van der Waals surface area contributed by atoms with Crippen LogP contribution < -0.4 is 16.0 Å². The number of nitrogens with two attached hydrogens (primary N) is 1. The zero-order valence-electron chi connectivity index (χ0n) is 10.9. The van der Waals surface area contributed by atoms with E-state index in [1.807, 2.05) is 6.07 Å². The Hall–Kier alpha value is -1.71. The van der Waals surface area contributed by atoms with Crippen molar-refractivity contribution in [3.05, 3.63) is 23.8 Å². The van der Waals surface area contributed by atoms with Crippen LogP contribution in [-0.4, -0.2) is 25.0 Å². The lowest BCUT2D eigenvalue weighted by molar-refractivity contribution is -0.123. The third-order valence-electron chi connectivity index (χ3n) is 4.67. The fraction of sp³-hybridized carbons (Fsp3) is 0.533. The van der Waals surface area contributed by atoms with E-state index in [0.29, 0.717) is 11.8 Å². The predicted octanol–water partition coefficient (Wildman–Crippen LogP) is 1.47. The monoisotopic (exact) mass is 257 g/mol. The second-order valence-electron chi connectivity index (χ2n) is 6.10. The average molecular weight is 257 g/mol. The molecule has 3 aliphatic rings. The van der Waals surface area contributed by atoms with Crippen LogP contribution in [0.4, 0.5) is 11.4 Å². The Balaban J connectivity index is 1.68. The van der Waals surface area contributed by atoms with Gasteiger partial charge < -0.3 is 16.0 Å². The lowest BCUT2D eigenvalue weighted by atomic mass is 10.0. The minimum Gasteiger partial charge on any atom is -0.398 e. The molecule has 3 N–H and O–H groups in total. The van der Waals surface area contributed by atoms with Gasteiger partial charge in [0.1, 0.15) is 6.04 Å². The molecule has 1 aliphatic carbocycles. The van der Waals surface area contributed by atoms with Gasteiger partial charge in [-0.3, -0.25) is 4.79 Å². The number of fused-ring (bicyclic) bond motifs is 2. The Labute approximate surface area is 113 Å². The predicted molar refractivity (Wildman–Crippen MR) is 75.1 cm³/mol. The Morgan fingerprint density at radius 3 is 2.95 bits per heavy atom. The SMILES string of the molecule is Nc1ccc(N2C[C@H]3CNC(=O)[C@@H]2C3)cc1C1CC1. The van der Waals surface area contributed by atoms with Crippen molar-refractivity contribution in [1.82, 2.24) is 5.32 Å². The first-order valence-electron chi connectivity index (χ1n) is 7.16. The lowest BCUT2D eigenvalue weighted by Gasteiger charge is -2.26. The van der Waals surface area contributed by atoms with E-state index in [1.165, 1.54) is 24.1 Å². The Morgan fingerprint density at radius 1 is 1.32 bits per heavy atom. The molecule has 19 heavy (non-hydrogen) atoms. The normalized spacial score (nSPS) is 29.5. The first-order chi connectivity index (χ1) is 9.22. The van der Waals surface area contributed by atoms with Gasteiger partial charge in [-0.25, -0.2) is 0 Å². The summed E-state index contributed by atoms with van der Waals surface area (Å²) in [6.45, 7) is 1.81. The minimum absolute atomic E-state index is 0.0226. The Kier molecular flexibility index (Phi) is 2.28. The molecule has 1 aromatic carbocycles. The molecule has 0 spiro atoms. The van der Waals surface area contributed by atoms with E-state index in [0.717, 1.165) is 25.2 Å². The molecule has 2 heterocycles. The minimum atomic E-state index is 0.0226. The van der Waals surface area contributed by atoms with Gasteiger partial charge in [-0.15, -0.1) is 0 Å². The van der Waals surface area contributed by atoms with E-state index >= 15 is 0 Å². The summed E-state index contributed by atoms with van der Waals surface area (Å²) >= 11 is 0. The van der Waals surface area contributed by atoms with Crippen LogP contribution in [0.3, 0.4) is 0 Å². The standard InChI is InChI=1S/C15H19N3O/c16-13-4-3-11(6-12(13)10-1-2-10)18-8-9-5-14(18)15(19)17-7-9/h3-4,6,9-10,14H,1-2,5,7-8,16H2,(H,17,19)/t9-,14+/m1/s1. The van der Waals surface area contributed by atoms with Gasteiger partial charge in [-0.05, 0) is 54.9 Å². The smallest absolute Gasteiger partial charge is 0.242 e. The lowest BCUT2D eigenvalue weighted by Crippen LogP contribution is -2.44. The highest BCUT2D eigenvalue weighted by Crippen LogP contribution is 2.44. The maximum Gasteiger partial charge on any atom is 0.242 e. The van der Waals surface area contributed by atoms with E-state index in [2.05, 4.69) is 22.3 Å². The van der Waals surface area contributed by atoms with Crippen molar-refractivity contribution in [2.45, 2.75) is 31.2 Å². The fourth-order valence-corrected chi connectivity index (χ4v) is 3.46. The van der Waals surface area contributed by atoms with E-state index in [1.54, 1.807) is 0 Å². The van der Waals surface area contributed by atoms with Crippen LogP contribution in [-0.2, 0) is 4.79 Å². The molecule has 0 aromatic heterocycles. The van der Waals surface area contributed by atoms with Gasteiger partial charge >= 0.3 is 0 Å². The van der Waals surface area contributed by atoms with Crippen LogP contribution >= 0.6 is 0 Å². The number of hydrogen-bond donors (Lipinski definition) is 2. The second kappa shape index (κ2) is 3.89. The number of nitrogens with one attached hydrogen (secondary N) is 1. The number of anilines is 2. The molecule has 2 atom stereocenters. The van der Waals surface area contributed by atoms with Crippen molar-refractivity contribution in [2.24, 2.45) is 5.92 Å². The van der Waals surface area contributed by atoms with Gasteiger partial charge in [0.05, 0.1) is 0 Å². The molecular formula is C15H19N3O. The van der Waals surface area contributed by atoms with Gasteiger partial charge in [-0.1, -0.05) is 0 Å². The number of nitrogens with zero attached hydrogens (tertiary/aromatic N) is 1. The number of rotatable bonds is 2. The number of benzene rings is 1. The van der Waals surface area contributed by atoms with Crippen LogP contribution in [0, 0.1) is 5.92 Å². The molecule has 1 aromatic rings. The maximum atomic E-state index is 12.0. The zero-order chi connectivity index (χ0) is 13.0. The van der Waals surface area contributed by atoms with Crippen LogP contribution in [0.25, 0.3) is 0 Å². The molecule has 0 unspecified atom stereocenters. The molecule has 4 rings (SSSR count). The number of carbonyl (C=O) groups is 1. The first kappa shape index (κ1) is 11.1. The van der Waals surface area contributed by atoms with Crippen LogP contribution in [0.1, 0.15) is 30.7 Å². The van der Waals surface area contributed by atoms with Crippen molar-refractivity contribution in [2.75, 3.05) is 23.7 Å². The highest BCUT2D eigenvalue weighted by molar-refractivity contribution is 5.87. The summed E-state index contributed by atoms with van der Waals surface area (Å²) in [7, 11) is 0. The molecule has 2 aliphatic heterocycles. The topological polar surface area (TPSA) is 58.4 Å². The Bertz CT molecular complexity index is 538. The van der Waals surface area contributed by atoms with Crippen molar-refractivity contribution < 1.29 is 4.79 Å². The van der Waals surface area contributed by atoms with Gasteiger partial charge in [0.2, 0.25) is 5.91 Å². The first-order valence-corrected chi connectivity index (χ1v) is 7.16. The van der Waals surface area contributed by atoms with E-state index < -0.39 is 0 Å². The molecule has 1 amide bonds. The molecule has 3 fully saturated rings. The number of piperidine rings is 1. The third kappa shape index (κ3) is 1.78. The number of nitrogen functional groups attached to an aromatic ring is 1. The molecule has 4 heteroatoms. The van der Waals surface area contributed by atoms with E-state index in [-0.39, 0.29) is 11.9 Å². The van der Waals surface area contributed by atoms with Gasteiger partial charge in [-0.2, -0.15) is 0 Å². The molecule has 0 radical (unpaired) electrons. The maximum absolute atomic E-state index is 12.0. The molecular weight excluding hydrogens is 238 g/mol. The fourth-order valence-electron chi connectivity index (χ4n) is 3.46. The average Bonchev–Trinajstić information content (AvgIpc) is 3.18. The zero-order valence-corrected chi connectivity index (χ0v) is 10.9.